The van der Waals surface area contributed by atoms with Crippen LogP contribution in [0.3, 0.4) is 0 Å². The largest absolute Gasteiger partial charge is 0.312 e. The number of sulfonamides is 1. The average Bonchev–Trinajstić information content (AvgIpc) is 3.14. The molecule has 23 heavy (non-hydrogen) atoms. The van der Waals surface area contributed by atoms with Gasteiger partial charge >= 0.3 is 0 Å². The van der Waals surface area contributed by atoms with E-state index in [4.69, 9.17) is 0 Å². The molecule has 1 fully saturated rings. The highest BCUT2D eigenvalue weighted by molar-refractivity contribution is 7.89. The van der Waals surface area contributed by atoms with Crippen LogP contribution in [0.5, 0.6) is 0 Å². The Kier molecular flexibility index (Phi) is 4.52. The molecular weight excluding hydrogens is 332 g/mol. The van der Waals surface area contributed by atoms with Crippen molar-refractivity contribution in [2.45, 2.75) is 31.2 Å². The van der Waals surface area contributed by atoms with Crippen LogP contribution in [0.1, 0.15) is 23.3 Å². The standard InChI is InChI=1S/C16H18N2O3S2/c1-12-8-10-22-15(12)11-17-23(20,21)14-6-4-13(5-7-14)18-9-2-3-16(18)19/h4-8,10,17H,2-3,9,11H2,1H3. The Hall–Kier alpha value is -1.70. The van der Waals surface area contributed by atoms with E-state index in [-0.39, 0.29) is 17.3 Å². The summed E-state index contributed by atoms with van der Waals surface area (Å²) in [7, 11) is -3.55. The highest BCUT2D eigenvalue weighted by Gasteiger charge is 2.22. The molecule has 0 aliphatic carbocycles. The third kappa shape index (κ3) is 3.46. The number of amides is 1. The fourth-order valence-corrected chi connectivity index (χ4v) is 4.49. The summed E-state index contributed by atoms with van der Waals surface area (Å²) in [6.45, 7) is 2.95. The van der Waals surface area contributed by atoms with Gasteiger partial charge in [-0.25, -0.2) is 13.1 Å². The summed E-state index contributed by atoms with van der Waals surface area (Å²) in [6.07, 6.45) is 1.41. The van der Waals surface area contributed by atoms with Gasteiger partial charge in [-0.2, -0.15) is 0 Å². The van der Waals surface area contributed by atoms with Crippen molar-refractivity contribution >= 4 is 33.0 Å². The molecule has 0 saturated carbocycles. The summed E-state index contributed by atoms with van der Waals surface area (Å²) in [4.78, 5) is 14.6. The Bertz CT molecular complexity index is 810. The predicted molar refractivity (Wildman–Crippen MR) is 91.1 cm³/mol. The van der Waals surface area contributed by atoms with Gasteiger partial charge in [-0.05, 0) is 54.6 Å². The molecule has 3 rings (SSSR count). The number of anilines is 1. The minimum absolute atomic E-state index is 0.0897. The predicted octanol–water partition coefficient (Wildman–Crippen LogP) is 2.66. The Morgan fingerprint density at radius 2 is 1.96 bits per heavy atom. The molecule has 122 valence electrons. The maximum atomic E-state index is 12.3. The molecular formula is C16H18N2O3S2. The third-order valence-corrected chi connectivity index (χ3v) is 6.36. The first kappa shape index (κ1) is 16.2. The van der Waals surface area contributed by atoms with E-state index >= 15 is 0 Å². The second kappa shape index (κ2) is 6.43. The van der Waals surface area contributed by atoms with Gasteiger partial charge in [-0.1, -0.05) is 0 Å². The smallest absolute Gasteiger partial charge is 0.240 e. The van der Waals surface area contributed by atoms with Gasteiger partial charge in [0, 0.05) is 30.1 Å². The molecule has 1 amide bonds. The van der Waals surface area contributed by atoms with Gasteiger partial charge in [0.1, 0.15) is 0 Å². The Balaban J connectivity index is 1.72. The highest BCUT2D eigenvalue weighted by Crippen LogP contribution is 2.23. The highest BCUT2D eigenvalue weighted by atomic mass is 32.2. The minimum atomic E-state index is -3.55. The van der Waals surface area contributed by atoms with Crippen LogP contribution in [0, 0.1) is 6.92 Å². The molecule has 0 unspecified atom stereocenters. The van der Waals surface area contributed by atoms with Crippen LogP contribution in [-0.4, -0.2) is 20.9 Å². The number of carbonyl (C=O) groups is 1. The third-order valence-electron chi connectivity index (χ3n) is 3.92. The van der Waals surface area contributed by atoms with Crippen LogP contribution >= 0.6 is 11.3 Å². The molecule has 2 heterocycles. The first-order valence-electron chi connectivity index (χ1n) is 7.40. The van der Waals surface area contributed by atoms with Crippen LogP contribution in [0.4, 0.5) is 5.69 Å². The van der Waals surface area contributed by atoms with Crippen molar-refractivity contribution < 1.29 is 13.2 Å². The molecule has 1 aliphatic heterocycles. The number of benzene rings is 1. The van der Waals surface area contributed by atoms with E-state index in [0.717, 1.165) is 22.5 Å². The van der Waals surface area contributed by atoms with Gasteiger partial charge in [0.25, 0.3) is 0 Å². The van der Waals surface area contributed by atoms with Gasteiger partial charge in [0.15, 0.2) is 0 Å². The lowest BCUT2D eigenvalue weighted by Gasteiger charge is -2.16. The second-order valence-electron chi connectivity index (χ2n) is 5.49. The molecule has 1 N–H and O–H groups in total. The molecule has 2 aromatic rings. The lowest BCUT2D eigenvalue weighted by atomic mass is 10.3. The monoisotopic (exact) mass is 350 g/mol. The van der Waals surface area contributed by atoms with Crippen LogP contribution < -0.4 is 9.62 Å². The number of hydrogen-bond donors (Lipinski definition) is 1. The van der Waals surface area contributed by atoms with E-state index in [1.54, 1.807) is 29.2 Å². The van der Waals surface area contributed by atoms with Crippen LogP contribution in [0.15, 0.2) is 40.6 Å². The SMILES string of the molecule is Cc1ccsc1CNS(=O)(=O)c1ccc(N2CCCC2=O)cc1. The number of nitrogens with one attached hydrogen (secondary N) is 1. The zero-order valence-electron chi connectivity index (χ0n) is 12.8. The first-order valence-corrected chi connectivity index (χ1v) is 9.77. The Labute approximate surface area is 140 Å². The molecule has 7 heteroatoms. The van der Waals surface area contributed by atoms with Gasteiger partial charge in [-0.15, -0.1) is 11.3 Å². The van der Waals surface area contributed by atoms with Crippen LogP contribution in [0.2, 0.25) is 0 Å². The molecule has 1 aliphatic rings. The van der Waals surface area contributed by atoms with Crippen molar-refractivity contribution in [2.24, 2.45) is 0 Å². The summed E-state index contributed by atoms with van der Waals surface area (Å²) in [6, 6.07) is 8.44. The van der Waals surface area contributed by atoms with Crippen LogP contribution in [0.25, 0.3) is 0 Å². The minimum Gasteiger partial charge on any atom is -0.312 e. The molecule has 0 bridgehead atoms. The molecule has 0 spiro atoms. The van der Waals surface area contributed by atoms with Crippen molar-refractivity contribution in [3.63, 3.8) is 0 Å². The van der Waals surface area contributed by atoms with E-state index in [1.165, 1.54) is 11.3 Å². The molecule has 1 aromatic carbocycles. The van der Waals surface area contributed by atoms with E-state index in [2.05, 4.69) is 4.72 Å². The van der Waals surface area contributed by atoms with E-state index in [0.29, 0.717) is 13.0 Å². The lowest BCUT2D eigenvalue weighted by Crippen LogP contribution is -2.25. The second-order valence-corrected chi connectivity index (χ2v) is 8.26. The number of aryl methyl sites for hydroxylation is 1. The van der Waals surface area contributed by atoms with Crippen molar-refractivity contribution in [2.75, 3.05) is 11.4 Å². The normalized spacial score (nSPS) is 15.3. The Morgan fingerprint density at radius 1 is 1.22 bits per heavy atom. The van der Waals surface area contributed by atoms with Gasteiger partial charge in [-0.3, -0.25) is 4.79 Å². The zero-order chi connectivity index (χ0) is 16.4. The summed E-state index contributed by atoms with van der Waals surface area (Å²) in [5.41, 5.74) is 1.83. The maximum Gasteiger partial charge on any atom is 0.240 e. The number of carbonyl (C=O) groups excluding carboxylic acids is 1. The fraction of sp³-hybridized carbons (Fsp3) is 0.312. The fourth-order valence-electron chi connectivity index (χ4n) is 2.56. The number of nitrogens with zero attached hydrogens (tertiary/aromatic N) is 1. The number of hydrogen-bond acceptors (Lipinski definition) is 4. The van der Waals surface area contributed by atoms with Crippen molar-refractivity contribution in [3.05, 3.63) is 46.2 Å². The maximum absolute atomic E-state index is 12.3. The van der Waals surface area contributed by atoms with Crippen molar-refractivity contribution in [1.82, 2.24) is 4.72 Å². The van der Waals surface area contributed by atoms with Crippen LogP contribution in [-0.2, 0) is 21.4 Å². The average molecular weight is 350 g/mol. The molecule has 5 nitrogen and oxygen atoms in total. The summed E-state index contributed by atoms with van der Waals surface area (Å²) in [5.74, 6) is 0.0897. The molecule has 1 aromatic heterocycles. The van der Waals surface area contributed by atoms with Gasteiger partial charge in [0.05, 0.1) is 4.90 Å². The van der Waals surface area contributed by atoms with Gasteiger partial charge < -0.3 is 4.90 Å². The Morgan fingerprint density at radius 3 is 2.52 bits per heavy atom. The van der Waals surface area contributed by atoms with Crippen molar-refractivity contribution in [3.8, 4) is 0 Å². The van der Waals surface area contributed by atoms with E-state index < -0.39 is 10.0 Å². The topological polar surface area (TPSA) is 66.5 Å². The molecule has 1 saturated heterocycles. The quantitative estimate of drug-likeness (QED) is 0.901. The van der Waals surface area contributed by atoms with Crippen molar-refractivity contribution in [1.29, 1.82) is 0 Å². The summed E-state index contributed by atoms with van der Waals surface area (Å²) >= 11 is 1.53. The lowest BCUT2D eigenvalue weighted by molar-refractivity contribution is -0.117. The van der Waals surface area contributed by atoms with E-state index in [9.17, 15) is 13.2 Å². The van der Waals surface area contributed by atoms with Gasteiger partial charge in [0.2, 0.25) is 15.9 Å². The summed E-state index contributed by atoms with van der Waals surface area (Å²) in [5, 5.41) is 1.95. The number of rotatable bonds is 5. The zero-order valence-corrected chi connectivity index (χ0v) is 14.4. The number of thiophene rings is 1. The molecule has 0 radical (unpaired) electrons. The molecule has 0 atom stereocenters. The first-order chi connectivity index (χ1) is 11.0. The van der Waals surface area contributed by atoms with E-state index in [1.807, 2.05) is 18.4 Å². The summed E-state index contributed by atoms with van der Waals surface area (Å²) < 4.78 is 27.3.